The average Bonchev–Trinajstić information content (AvgIpc) is 2.59. The first-order valence-electron chi connectivity index (χ1n) is 4.34. The van der Waals surface area contributed by atoms with Gasteiger partial charge in [0.2, 0.25) is 0 Å². The summed E-state index contributed by atoms with van der Waals surface area (Å²) in [5, 5.41) is 17.8. The summed E-state index contributed by atoms with van der Waals surface area (Å²) in [6, 6.07) is 7.77. The zero-order valence-electron chi connectivity index (χ0n) is 7.38. The molecule has 2 atom stereocenters. The fourth-order valence-electron chi connectivity index (χ4n) is 1.54. The van der Waals surface area contributed by atoms with Crippen molar-refractivity contribution in [3.63, 3.8) is 0 Å². The van der Waals surface area contributed by atoms with Crippen molar-refractivity contribution in [2.45, 2.75) is 22.7 Å². The first-order chi connectivity index (χ1) is 6.68. The van der Waals surface area contributed by atoms with E-state index in [2.05, 4.69) is 0 Å². The second kappa shape index (κ2) is 3.63. The molecule has 1 aliphatic rings. The van der Waals surface area contributed by atoms with Crippen LogP contribution < -0.4 is 0 Å². The van der Waals surface area contributed by atoms with Crippen molar-refractivity contribution >= 4 is 17.7 Å². The fraction of sp³-hybridized carbons (Fsp3) is 0.300. The Bertz CT molecular complexity index is 339. The van der Waals surface area contributed by atoms with E-state index in [1.165, 1.54) is 11.8 Å². The molecule has 0 bridgehead atoms. The lowest BCUT2D eigenvalue weighted by atomic mass is 10.1. The van der Waals surface area contributed by atoms with E-state index < -0.39 is 12.1 Å². The van der Waals surface area contributed by atoms with Gasteiger partial charge in [-0.15, -0.1) is 11.8 Å². The number of aliphatic carboxylic acids is 1. The van der Waals surface area contributed by atoms with Gasteiger partial charge in [-0.05, 0) is 18.1 Å². The highest BCUT2D eigenvalue weighted by molar-refractivity contribution is 8.00. The van der Waals surface area contributed by atoms with Crippen LogP contribution in [0.1, 0.15) is 5.56 Å². The predicted octanol–water partition coefficient (Wildman–Crippen LogP) is 1.15. The highest BCUT2D eigenvalue weighted by Crippen LogP contribution is 2.38. The van der Waals surface area contributed by atoms with Crippen molar-refractivity contribution in [2.75, 3.05) is 0 Å². The average molecular weight is 210 g/mol. The summed E-state index contributed by atoms with van der Waals surface area (Å²) in [5.74, 6) is -1.14. The summed E-state index contributed by atoms with van der Waals surface area (Å²) < 4.78 is 0. The number of carboxylic acids is 1. The quantitative estimate of drug-likeness (QED) is 0.768. The van der Waals surface area contributed by atoms with E-state index >= 15 is 0 Å². The standard InChI is InChI=1S/C10H10O3S/c11-9(10(12)13)8-5-6-3-1-2-4-7(6)14-8/h1-4,8-9,11H,5H2,(H,12,13). The molecular weight excluding hydrogens is 200 g/mol. The van der Waals surface area contributed by atoms with Gasteiger partial charge in [0.15, 0.2) is 6.10 Å². The Morgan fingerprint density at radius 2 is 2.21 bits per heavy atom. The lowest BCUT2D eigenvalue weighted by Crippen LogP contribution is -2.31. The molecule has 0 radical (unpaired) electrons. The minimum atomic E-state index is -1.27. The first-order valence-corrected chi connectivity index (χ1v) is 5.22. The molecule has 0 saturated heterocycles. The number of hydrogen-bond donors (Lipinski definition) is 2. The molecule has 1 heterocycles. The highest BCUT2D eigenvalue weighted by Gasteiger charge is 2.32. The Hall–Kier alpha value is -1.00. The fourth-order valence-corrected chi connectivity index (χ4v) is 2.84. The van der Waals surface area contributed by atoms with Crippen LogP contribution in [0.3, 0.4) is 0 Å². The molecule has 2 rings (SSSR count). The molecule has 4 heteroatoms. The van der Waals surface area contributed by atoms with Crippen LogP contribution in [0.4, 0.5) is 0 Å². The largest absolute Gasteiger partial charge is 0.479 e. The maximum Gasteiger partial charge on any atom is 0.333 e. The second-order valence-corrected chi connectivity index (χ2v) is 4.53. The summed E-state index contributed by atoms with van der Waals surface area (Å²) in [5.41, 5.74) is 1.13. The number of fused-ring (bicyclic) bond motifs is 1. The normalized spacial score (nSPS) is 21.6. The van der Waals surface area contributed by atoms with Crippen molar-refractivity contribution < 1.29 is 15.0 Å². The number of benzene rings is 1. The van der Waals surface area contributed by atoms with Gasteiger partial charge in [-0.1, -0.05) is 18.2 Å². The number of aliphatic hydroxyl groups excluding tert-OH is 1. The zero-order valence-corrected chi connectivity index (χ0v) is 8.20. The van der Waals surface area contributed by atoms with E-state index in [0.717, 1.165) is 10.5 Å². The minimum Gasteiger partial charge on any atom is -0.479 e. The number of aliphatic hydroxyl groups is 1. The Morgan fingerprint density at radius 3 is 2.86 bits per heavy atom. The van der Waals surface area contributed by atoms with E-state index in [1.54, 1.807) is 0 Å². The van der Waals surface area contributed by atoms with Gasteiger partial charge in [-0.3, -0.25) is 0 Å². The lowest BCUT2D eigenvalue weighted by molar-refractivity contribution is -0.146. The number of thioether (sulfide) groups is 1. The molecule has 2 unspecified atom stereocenters. The number of carboxylic acid groups (broad SMARTS) is 1. The molecule has 0 saturated carbocycles. The van der Waals surface area contributed by atoms with Gasteiger partial charge in [0, 0.05) is 4.90 Å². The molecule has 1 aromatic carbocycles. The third-order valence-electron chi connectivity index (χ3n) is 2.28. The summed E-state index contributed by atoms with van der Waals surface area (Å²) >= 11 is 1.44. The van der Waals surface area contributed by atoms with Gasteiger partial charge in [0.1, 0.15) is 0 Å². The summed E-state index contributed by atoms with van der Waals surface area (Å²) in [7, 11) is 0. The zero-order chi connectivity index (χ0) is 10.1. The molecule has 0 spiro atoms. The summed E-state index contributed by atoms with van der Waals surface area (Å²) in [6.45, 7) is 0. The van der Waals surface area contributed by atoms with Crippen LogP contribution in [0, 0.1) is 0 Å². The van der Waals surface area contributed by atoms with Crippen LogP contribution in [-0.4, -0.2) is 27.5 Å². The maximum absolute atomic E-state index is 10.6. The van der Waals surface area contributed by atoms with Crippen LogP contribution in [0.25, 0.3) is 0 Å². The van der Waals surface area contributed by atoms with E-state index in [9.17, 15) is 9.90 Å². The summed E-state index contributed by atoms with van der Waals surface area (Å²) in [6.07, 6.45) is -0.638. The number of rotatable bonds is 2. The Balaban J connectivity index is 2.15. The van der Waals surface area contributed by atoms with Crippen LogP contribution >= 0.6 is 11.8 Å². The molecule has 2 N–H and O–H groups in total. The Labute approximate surface area is 85.8 Å². The van der Waals surface area contributed by atoms with Crippen LogP contribution in [0.2, 0.25) is 0 Å². The molecule has 74 valence electrons. The molecule has 3 nitrogen and oxygen atoms in total. The van der Waals surface area contributed by atoms with Gasteiger partial charge >= 0.3 is 5.97 Å². The first kappa shape index (κ1) is 9.55. The topological polar surface area (TPSA) is 57.5 Å². The van der Waals surface area contributed by atoms with Gasteiger partial charge in [-0.2, -0.15) is 0 Å². The molecule has 14 heavy (non-hydrogen) atoms. The predicted molar refractivity (Wildman–Crippen MR) is 53.4 cm³/mol. The molecule has 1 aliphatic heterocycles. The molecule has 1 aromatic rings. The van der Waals surface area contributed by atoms with Gasteiger partial charge in [0.05, 0.1) is 5.25 Å². The van der Waals surface area contributed by atoms with Crippen molar-refractivity contribution in [1.29, 1.82) is 0 Å². The molecule has 0 fully saturated rings. The van der Waals surface area contributed by atoms with E-state index in [1.807, 2.05) is 24.3 Å². The smallest absolute Gasteiger partial charge is 0.333 e. The van der Waals surface area contributed by atoms with Crippen LogP contribution in [-0.2, 0) is 11.2 Å². The maximum atomic E-state index is 10.6. The van der Waals surface area contributed by atoms with Crippen molar-refractivity contribution in [2.24, 2.45) is 0 Å². The van der Waals surface area contributed by atoms with Gasteiger partial charge < -0.3 is 10.2 Å². The monoisotopic (exact) mass is 210 g/mol. The number of hydrogen-bond acceptors (Lipinski definition) is 3. The van der Waals surface area contributed by atoms with Crippen molar-refractivity contribution in [3.05, 3.63) is 29.8 Å². The molecular formula is C10H10O3S. The highest BCUT2D eigenvalue weighted by atomic mass is 32.2. The Kier molecular flexibility index (Phi) is 2.48. The second-order valence-electron chi connectivity index (χ2n) is 3.25. The summed E-state index contributed by atoms with van der Waals surface area (Å²) in [4.78, 5) is 11.7. The van der Waals surface area contributed by atoms with Crippen LogP contribution in [0.15, 0.2) is 29.2 Å². The van der Waals surface area contributed by atoms with Gasteiger partial charge in [-0.25, -0.2) is 4.79 Å². The molecule has 0 aromatic heterocycles. The minimum absolute atomic E-state index is 0.245. The van der Waals surface area contributed by atoms with Crippen molar-refractivity contribution in [3.8, 4) is 0 Å². The van der Waals surface area contributed by atoms with E-state index in [0.29, 0.717) is 6.42 Å². The van der Waals surface area contributed by atoms with E-state index in [4.69, 9.17) is 5.11 Å². The van der Waals surface area contributed by atoms with Crippen molar-refractivity contribution in [1.82, 2.24) is 0 Å². The molecule has 0 aliphatic carbocycles. The van der Waals surface area contributed by atoms with Gasteiger partial charge in [0.25, 0.3) is 0 Å². The SMILES string of the molecule is O=C(O)C(O)C1Cc2ccccc2S1. The molecule has 0 amide bonds. The third kappa shape index (κ3) is 1.63. The van der Waals surface area contributed by atoms with Crippen LogP contribution in [0.5, 0.6) is 0 Å². The van der Waals surface area contributed by atoms with E-state index in [-0.39, 0.29) is 5.25 Å². The Morgan fingerprint density at radius 1 is 1.50 bits per heavy atom. The lowest BCUT2D eigenvalue weighted by Gasteiger charge is -2.11. The number of carbonyl (C=O) groups is 1. The third-order valence-corrected chi connectivity index (χ3v) is 3.66.